The molecule has 1 aliphatic carbocycles. The van der Waals surface area contributed by atoms with Gasteiger partial charge in [0.1, 0.15) is 0 Å². The molecular formula is C14H16F2N4O2. The molecule has 4 rings (SSSR count). The number of aryl methyl sites for hydroxylation is 1. The minimum absolute atomic E-state index is 0.0343. The molecule has 8 heteroatoms. The largest absolute Gasteiger partial charge is 0.360 e. The summed E-state index contributed by atoms with van der Waals surface area (Å²) in [4.78, 5) is 4.21. The van der Waals surface area contributed by atoms with Crippen molar-refractivity contribution >= 4 is 0 Å². The minimum atomic E-state index is -2.91. The van der Waals surface area contributed by atoms with E-state index < -0.39 is 17.4 Å². The second-order valence-corrected chi connectivity index (χ2v) is 6.03. The van der Waals surface area contributed by atoms with E-state index in [1.54, 1.807) is 17.9 Å². The number of halogens is 2. The van der Waals surface area contributed by atoms with Crippen LogP contribution in [0.25, 0.3) is 0 Å². The summed E-state index contributed by atoms with van der Waals surface area (Å²) in [5, 5.41) is 7.87. The van der Waals surface area contributed by atoms with E-state index in [1.807, 2.05) is 13.1 Å². The van der Waals surface area contributed by atoms with Gasteiger partial charge in [-0.1, -0.05) is 5.16 Å². The Balaban J connectivity index is 1.65. The Morgan fingerprint density at radius 3 is 2.95 bits per heavy atom. The van der Waals surface area contributed by atoms with Crippen LogP contribution in [0.4, 0.5) is 8.78 Å². The topological polar surface area (TPSA) is 66.0 Å². The third-order valence-corrected chi connectivity index (χ3v) is 4.68. The van der Waals surface area contributed by atoms with Gasteiger partial charge in [0.2, 0.25) is 17.3 Å². The van der Waals surface area contributed by atoms with Crippen molar-refractivity contribution in [3.63, 3.8) is 0 Å². The number of hydrogen-bond donors (Lipinski definition) is 0. The van der Waals surface area contributed by atoms with Gasteiger partial charge in [0.25, 0.3) is 5.92 Å². The van der Waals surface area contributed by atoms with Gasteiger partial charge in [-0.3, -0.25) is 4.68 Å². The minimum Gasteiger partial charge on any atom is -0.360 e. The van der Waals surface area contributed by atoms with E-state index in [0.29, 0.717) is 25.3 Å². The van der Waals surface area contributed by atoms with Crippen molar-refractivity contribution in [2.75, 3.05) is 6.61 Å². The number of ether oxygens (including phenoxy) is 1. The van der Waals surface area contributed by atoms with E-state index in [0.717, 1.165) is 5.56 Å². The first-order chi connectivity index (χ1) is 10.5. The molecule has 22 heavy (non-hydrogen) atoms. The Bertz CT molecular complexity index is 713. The molecule has 0 radical (unpaired) electrons. The molecule has 118 valence electrons. The molecule has 0 spiro atoms. The second kappa shape index (κ2) is 4.34. The summed E-state index contributed by atoms with van der Waals surface area (Å²) in [5.74, 6) is -3.70. The number of alkyl halides is 2. The van der Waals surface area contributed by atoms with E-state index in [1.165, 1.54) is 0 Å². The lowest BCUT2D eigenvalue weighted by Gasteiger charge is -2.17. The van der Waals surface area contributed by atoms with E-state index in [9.17, 15) is 8.78 Å². The van der Waals surface area contributed by atoms with Gasteiger partial charge < -0.3 is 9.26 Å². The van der Waals surface area contributed by atoms with Crippen molar-refractivity contribution in [2.24, 2.45) is 13.0 Å². The molecule has 3 atom stereocenters. The van der Waals surface area contributed by atoms with Crippen molar-refractivity contribution in [3.05, 3.63) is 29.7 Å². The van der Waals surface area contributed by atoms with Crippen LogP contribution >= 0.6 is 0 Å². The number of fused-ring (bicyclic) bond motifs is 1. The Labute approximate surface area is 125 Å². The van der Waals surface area contributed by atoms with Crippen LogP contribution in [0.1, 0.15) is 43.0 Å². The summed E-state index contributed by atoms with van der Waals surface area (Å²) in [7, 11) is 1.81. The third kappa shape index (κ3) is 1.64. The standard InChI is InChI=1S/C14H16F2N4O2/c1-8(9-6-17-20(2)7-9)11-18-12(19-22-11)13-10(14(13,15)16)4-3-5-21-13/h6-8,10H,3-5H2,1-2H3. The van der Waals surface area contributed by atoms with E-state index in [4.69, 9.17) is 9.26 Å². The molecule has 0 amide bonds. The highest BCUT2D eigenvalue weighted by molar-refractivity contribution is 5.30. The quantitative estimate of drug-likeness (QED) is 0.869. The average molecular weight is 310 g/mol. The maximum absolute atomic E-state index is 14.1. The van der Waals surface area contributed by atoms with Crippen LogP contribution in [0.5, 0.6) is 0 Å². The van der Waals surface area contributed by atoms with Gasteiger partial charge in [-0.05, 0) is 19.8 Å². The van der Waals surface area contributed by atoms with Gasteiger partial charge in [-0.15, -0.1) is 0 Å². The van der Waals surface area contributed by atoms with Crippen LogP contribution < -0.4 is 0 Å². The number of nitrogens with zero attached hydrogens (tertiary/aromatic N) is 4. The molecule has 6 nitrogen and oxygen atoms in total. The second-order valence-electron chi connectivity index (χ2n) is 6.03. The van der Waals surface area contributed by atoms with Crippen LogP contribution in [0.15, 0.2) is 16.9 Å². The summed E-state index contributed by atoms with van der Waals surface area (Å²) in [6.07, 6.45) is 4.59. The molecule has 2 aromatic rings. The number of rotatable bonds is 3. The predicted octanol–water partition coefficient (Wildman–Crippen LogP) is 2.23. The molecule has 0 bridgehead atoms. The summed E-state index contributed by atoms with van der Waals surface area (Å²) in [6, 6.07) is 0. The van der Waals surface area contributed by atoms with Crippen LogP contribution in [0.2, 0.25) is 0 Å². The summed E-state index contributed by atoms with van der Waals surface area (Å²) < 4.78 is 40.5. The van der Waals surface area contributed by atoms with Gasteiger partial charge in [-0.2, -0.15) is 10.1 Å². The van der Waals surface area contributed by atoms with E-state index in [-0.39, 0.29) is 11.7 Å². The lowest BCUT2D eigenvalue weighted by molar-refractivity contribution is -0.0704. The monoisotopic (exact) mass is 310 g/mol. The average Bonchev–Trinajstić information content (AvgIpc) is 2.96. The molecule has 2 aromatic heterocycles. The van der Waals surface area contributed by atoms with Gasteiger partial charge in [0.15, 0.2) is 0 Å². The zero-order chi connectivity index (χ0) is 15.5. The van der Waals surface area contributed by atoms with Crippen molar-refractivity contribution in [1.29, 1.82) is 0 Å². The smallest absolute Gasteiger partial charge is 0.290 e. The van der Waals surface area contributed by atoms with Gasteiger partial charge in [0, 0.05) is 25.4 Å². The van der Waals surface area contributed by atoms with Crippen molar-refractivity contribution in [2.45, 2.75) is 37.2 Å². The van der Waals surface area contributed by atoms with Gasteiger partial charge >= 0.3 is 0 Å². The zero-order valence-corrected chi connectivity index (χ0v) is 12.3. The molecule has 3 unspecified atom stereocenters. The molecule has 2 fully saturated rings. The lowest BCUT2D eigenvalue weighted by Crippen LogP contribution is -2.25. The highest BCUT2D eigenvalue weighted by Crippen LogP contribution is 2.69. The Morgan fingerprint density at radius 1 is 1.45 bits per heavy atom. The van der Waals surface area contributed by atoms with Crippen LogP contribution in [-0.4, -0.2) is 32.5 Å². The predicted molar refractivity (Wildman–Crippen MR) is 70.3 cm³/mol. The maximum atomic E-state index is 14.1. The molecule has 1 aliphatic heterocycles. The summed E-state index contributed by atoms with van der Waals surface area (Å²) in [6.45, 7) is 2.17. The maximum Gasteiger partial charge on any atom is 0.290 e. The normalized spacial score (nSPS) is 30.8. The van der Waals surface area contributed by atoms with Crippen LogP contribution in [-0.2, 0) is 17.4 Å². The molecule has 1 saturated carbocycles. The first kappa shape index (κ1) is 13.8. The molecule has 3 heterocycles. The van der Waals surface area contributed by atoms with E-state index in [2.05, 4.69) is 15.2 Å². The molecule has 1 saturated heterocycles. The van der Waals surface area contributed by atoms with Crippen molar-refractivity contribution in [1.82, 2.24) is 19.9 Å². The molecule has 2 aliphatic rings. The summed E-state index contributed by atoms with van der Waals surface area (Å²) in [5.41, 5.74) is -0.791. The summed E-state index contributed by atoms with van der Waals surface area (Å²) >= 11 is 0. The number of hydrogen-bond acceptors (Lipinski definition) is 5. The fourth-order valence-electron chi connectivity index (χ4n) is 3.29. The SMILES string of the molecule is CC(c1cnn(C)c1)c1nc(C23OCCCC2C3(F)F)no1. The molecule has 0 aromatic carbocycles. The van der Waals surface area contributed by atoms with Crippen molar-refractivity contribution < 1.29 is 18.0 Å². The first-order valence-corrected chi connectivity index (χ1v) is 7.31. The van der Waals surface area contributed by atoms with Gasteiger partial charge in [0.05, 0.1) is 18.0 Å². The Kier molecular flexibility index (Phi) is 2.73. The lowest BCUT2D eigenvalue weighted by atomic mass is 10.1. The third-order valence-electron chi connectivity index (χ3n) is 4.68. The Hall–Kier alpha value is -1.83. The fourth-order valence-corrected chi connectivity index (χ4v) is 3.29. The molecular weight excluding hydrogens is 294 g/mol. The van der Waals surface area contributed by atoms with E-state index >= 15 is 0 Å². The van der Waals surface area contributed by atoms with Crippen LogP contribution in [0.3, 0.4) is 0 Å². The zero-order valence-electron chi connectivity index (χ0n) is 12.3. The highest BCUT2D eigenvalue weighted by atomic mass is 19.3. The number of aromatic nitrogens is 4. The van der Waals surface area contributed by atoms with Crippen molar-refractivity contribution in [3.8, 4) is 0 Å². The first-order valence-electron chi connectivity index (χ1n) is 7.31. The highest BCUT2D eigenvalue weighted by Gasteiger charge is 2.85. The molecule has 0 N–H and O–H groups in total. The van der Waals surface area contributed by atoms with Crippen LogP contribution in [0, 0.1) is 5.92 Å². The Morgan fingerprint density at radius 2 is 2.27 bits per heavy atom. The van der Waals surface area contributed by atoms with Gasteiger partial charge in [-0.25, -0.2) is 8.78 Å². The fraction of sp³-hybridized carbons (Fsp3) is 0.643.